The van der Waals surface area contributed by atoms with Gasteiger partial charge in [0, 0.05) is 19.1 Å². The highest BCUT2D eigenvalue weighted by Gasteiger charge is 2.25. The van der Waals surface area contributed by atoms with Crippen LogP contribution in [0, 0.1) is 5.92 Å². The van der Waals surface area contributed by atoms with Crippen LogP contribution < -0.4 is 11.1 Å². The van der Waals surface area contributed by atoms with Crippen LogP contribution in [0.25, 0.3) is 0 Å². The van der Waals surface area contributed by atoms with Gasteiger partial charge in [-0.2, -0.15) is 0 Å². The van der Waals surface area contributed by atoms with Gasteiger partial charge in [-0.1, -0.05) is 0 Å². The predicted octanol–water partition coefficient (Wildman–Crippen LogP) is 0.529. The van der Waals surface area contributed by atoms with E-state index in [-0.39, 0.29) is 6.03 Å². The molecule has 1 aliphatic carbocycles. The molecule has 0 spiro atoms. The van der Waals surface area contributed by atoms with Crippen LogP contribution in [0.3, 0.4) is 0 Å². The number of rotatable bonds is 3. The molecule has 0 aromatic carbocycles. The highest BCUT2D eigenvalue weighted by atomic mass is 16.2. The summed E-state index contributed by atoms with van der Waals surface area (Å²) in [5.74, 6) is 0.902. The second-order valence-corrected chi connectivity index (χ2v) is 4.48. The van der Waals surface area contributed by atoms with Crippen LogP contribution in [0.15, 0.2) is 0 Å². The lowest BCUT2D eigenvalue weighted by molar-refractivity contribution is 0.181. The maximum atomic E-state index is 11.0. The van der Waals surface area contributed by atoms with Crippen LogP contribution in [0.4, 0.5) is 4.79 Å². The van der Waals surface area contributed by atoms with Crippen molar-refractivity contribution in [1.82, 2.24) is 10.2 Å². The van der Waals surface area contributed by atoms with E-state index in [4.69, 9.17) is 5.73 Å². The molecule has 80 valence electrons. The van der Waals surface area contributed by atoms with Crippen molar-refractivity contribution in [2.45, 2.75) is 31.7 Å². The van der Waals surface area contributed by atoms with Crippen molar-refractivity contribution in [3.05, 3.63) is 0 Å². The second-order valence-electron chi connectivity index (χ2n) is 4.48. The highest BCUT2D eigenvalue weighted by molar-refractivity contribution is 5.72. The van der Waals surface area contributed by atoms with Gasteiger partial charge in [-0.3, -0.25) is 0 Å². The Morgan fingerprint density at radius 2 is 2.21 bits per heavy atom. The van der Waals surface area contributed by atoms with Gasteiger partial charge < -0.3 is 16.0 Å². The lowest BCUT2D eigenvalue weighted by Gasteiger charge is -2.32. The summed E-state index contributed by atoms with van der Waals surface area (Å²) in [6.07, 6.45) is 5.00. The molecule has 2 fully saturated rings. The zero-order valence-electron chi connectivity index (χ0n) is 8.54. The Labute approximate surface area is 84.8 Å². The zero-order valence-corrected chi connectivity index (χ0v) is 8.54. The van der Waals surface area contributed by atoms with E-state index in [0.29, 0.717) is 6.04 Å². The van der Waals surface area contributed by atoms with Gasteiger partial charge in [-0.05, 0) is 38.1 Å². The molecule has 2 aliphatic rings. The summed E-state index contributed by atoms with van der Waals surface area (Å²) >= 11 is 0. The van der Waals surface area contributed by atoms with Crippen LogP contribution in [0.1, 0.15) is 25.7 Å². The molecule has 0 bridgehead atoms. The fraction of sp³-hybridized carbons (Fsp3) is 0.900. The molecule has 1 unspecified atom stereocenters. The van der Waals surface area contributed by atoms with Gasteiger partial charge in [0.2, 0.25) is 0 Å². The normalized spacial score (nSPS) is 27.7. The number of nitrogens with zero attached hydrogens (tertiary/aromatic N) is 1. The Hall–Kier alpha value is -0.770. The van der Waals surface area contributed by atoms with Crippen molar-refractivity contribution in [3.8, 4) is 0 Å². The van der Waals surface area contributed by atoms with Gasteiger partial charge in [0.1, 0.15) is 0 Å². The van der Waals surface area contributed by atoms with E-state index in [0.717, 1.165) is 32.0 Å². The molecular formula is C10H19N3O. The molecule has 1 atom stereocenters. The molecule has 0 aromatic heterocycles. The molecule has 0 radical (unpaired) electrons. The largest absolute Gasteiger partial charge is 0.351 e. The van der Waals surface area contributed by atoms with E-state index >= 15 is 0 Å². The molecule has 2 amide bonds. The topological polar surface area (TPSA) is 58.4 Å². The van der Waals surface area contributed by atoms with E-state index in [1.165, 1.54) is 19.3 Å². The van der Waals surface area contributed by atoms with E-state index in [9.17, 15) is 4.79 Å². The molecule has 0 aromatic rings. The first kappa shape index (κ1) is 9.77. The second kappa shape index (κ2) is 4.17. The number of amides is 2. The number of primary amides is 1. The predicted molar refractivity (Wildman–Crippen MR) is 54.9 cm³/mol. The van der Waals surface area contributed by atoms with E-state index < -0.39 is 0 Å². The van der Waals surface area contributed by atoms with Crippen molar-refractivity contribution >= 4 is 6.03 Å². The third kappa shape index (κ3) is 2.61. The smallest absolute Gasteiger partial charge is 0.314 e. The van der Waals surface area contributed by atoms with Crippen molar-refractivity contribution in [1.29, 1.82) is 0 Å². The summed E-state index contributed by atoms with van der Waals surface area (Å²) in [4.78, 5) is 12.7. The number of likely N-dealkylation sites (tertiary alicyclic amines) is 1. The fourth-order valence-electron chi connectivity index (χ4n) is 2.00. The van der Waals surface area contributed by atoms with Gasteiger partial charge >= 0.3 is 6.03 Å². The number of urea groups is 1. The average molecular weight is 197 g/mol. The zero-order chi connectivity index (χ0) is 9.97. The first-order valence-electron chi connectivity index (χ1n) is 5.53. The quantitative estimate of drug-likeness (QED) is 0.693. The minimum absolute atomic E-state index is 0.275. The van der Waals surface area contributed by atoms with Crippen molar-refractivity contribution in [2.24, 2.45) is 11.7 Å². The fourth-order valence-corrected chi connectivity index (χ4v) is 2.00. The SMILES string of the molecule is NC(=O)N1CCCC(NCC2CC2)C1. The summed E-state index contributed by atoms with van der Waals surface area (Å²) < 4.78 is 0. The maximum Gasteiger partial charge on any atom is 0.314 e. The number of nitrogens with one attached hydrogen (secondary N) is 1. The summed E-state index contributed by atoms with van der Waals surface area (Å²) in [6, 6.07) is 0.194. The Balaban J connectivity index is 1.72. The maximum absolute atomic E-state index is 11.0. The molecule has 4 nitrogen and oxygen atoms in total. The van der Waals surface area contributed by atoms with Crippen molar-refractivity contribution < 1.29 is 4.79 Å². The van der Waals surface area contributed by atoms with Gasteiger partial charge in [0.25, 0.3) is 0 Å². The third-order valence-electron chi connectivity index (χ3n) is 3.13. The molecule has 14 heavy (non-hydrogen) atoms. The molecule has 1 heterocycles. The Kier molecular flexibility index (Phi) is 2.91. The van der Waals surface area contributed by atoms with E-state index in [1.54, 1.807) is 4.90 Å². The summed E-state index contributed by atoms with van der Waals surface area (Å²) in [7, 11) is 0. The number of carbonyl (C=O) groups is 1. The minimum Gasteiger partial charge on any atom is -0.351 e. The number of hydrogen-bond acceptors (Lipinski definition) is 2. The van der Waals surface area contributed by atoms with Crippen LogP contribution in [-0.4, -0.2) is 36.6 Å². The third-order valence-corrected chi connectivity index (χ3v) is 3.13. The summed E-state index contributed by atoms with van der Waals surface area (Å²) in [5, 5.41) is 3.52. The summed E-state index contributed by atoms with van der Waals surface area (Å²) in [6.45, 7) is 2.75. The number of piperidine rings is 1. The highest BCUT2D eigenvalue weighted by Crippen LogP contribution is 2.28. The van der Waals surface area contributed by atoms with Crippen LogP contribution in [-0.2, 0) is 0 Å². The molecule has 4 heteroatoms. The standard InChI is InChI=1S/C10H19N3O/c11-10(14)13-5-1-2-9(7-13)12-6-8-3-4-8/h8-9,12H,1-7H2,(H2,11,14). The van der Waals surface area contributed by atoms with E-state index in [2.05, 4.69) is 5.32 Å². The van der Waals surface area contributed by atoms with Gasteiger partial charge in [-0.25, -0.2) is 4.79 Å². The Morgan fingerprint density at radius 1 is 1.43 bits per heavy atom. The van der Waals surface area contributed by atoms with E-state index in [1.807, 2.05) is 0 Å². The molecule has 2 rings (SSSR count). The Bertz CT molecular complexity index is 215. The van der Waals surface area contributed by atoms with Crippen LogP contribution in [0.5, 0.6) is 0 Å². The molecule has 3 N–H and O–H groups in total. The van der Waals surface area contributed by atoms with Crippen molar-refractivity contribution in [2.75, 3.05) is 19.6 Å². The van der Waals surface area contributed by atoms with Crippen LogP contribution >= 0.6 is 0 Å². The monoisotopic (exact) mass is 197 g/mol. The Morgan fingerprint density at radius 3 is 2.86 bits per heavy atom. The van der Waals surface area contributed by atoms with Gasteiger partial charge in [-0.15, -0.1) is 0 Å². The number of hydrogen-bond donors (Lipinski definition) is 2. The van der Waals surface area contributed by atoms with Gasteiger partial charge in [0.15, 0.2) is 0 Å². The van der Waals surface area contributed by atoms with Crippen LogP contribution in [0.2, 0.25) is 0 Å². The molecule has 1 saturated heterocycles. The number of nitrogens with two attached hydrogens (primary N) is 1. The lowest BCUT2D eigenvalue weighted by Crippen LogP contribution is -2.50. The molecule has 1 aliphatic heterocycles. The number of carbonyl (C=O) groups excluding carboxylic acids is 1. The first-order chi connectivity index (χ1) is 6.75. The first-order valence-corrected chi connectivity index (χ1v) is 5.53. The van der Waals surface area contributed by atoms with Crippen molar-refractivity contribution in [3.63, 3.8) is 0 Å². The summed E-state index contributed by atoms with van der Waals surface area (Å²) in [5.41, 5.74) is 5.26. The lowest BCUT2D eigenvalue weighted by atomic mass is 10.1. The molecule has 1 saturated carbocycles. The minimum atomic E-state index is -0.275. The molecular weight excluding hydrogens is 178 g/mol. The van der Waals surface area contributed by atoms with Gasteiger partial charge in [0.05, 0.1) is 0 Å². The average Bonchev–Trinajstić information content (AvgIpc) is 2.99.